The maximum absolute atomic E-state index is 12.1. The number of carbonyl (C=O) groups excluding carboxylic acids is 1. The Kier molecular flexibility index (Phi) is 3.03. The highest BCUT2D eigenvalue weighted by Gasteiger charge is 2.73. The van der Waals surface area contributed by atoms with E-state index in [1.54, 1.807) is 13.8 Å². The Morgan fingerprint density at radius 1 is 1.35 bits per heavy atom. The molecule has 3 fully saturated rings. The number of fused-ring (bicyclic) bond motifs is 5. The highest BCUT2D eigenvalue weighted by Crippen LogP contribution is 2.50. The molecule has 3 saturated heterocycles. The molecule has 0 spiro atoms. The Morgan fingerprint density at radius 3 is 2.78 bits per heavy atom. The molecule has 23 heavy (non-hydrogen) atoms. The Balaban J connectivity index is 1.84. The molecule has 0 aromatic rings. The third-order valence-corrected chi connectivity index (χ3v) is 4.97. The fourth-order valence-corrected chi connectivity index (χ4v) is 4.47. The van der Waals surface area contributed by atoms with Gasteiger partial charge in [0.2, 0.25) is 11.5 Å². The van der Waals surface area contributed by atoms with Gasteiger partial charge < -0.3 is 14.2 Å². The van der Waals surface area contributed by atoms with Crippen molar-refractivity contribution in [1.29, 1.82) is 0 Å². The fourth-order valence-electron chi connectivity index (χ4n) is 3.69. The van der Waals surface area contributed by atoms with Gasteiger partial charge in [-0.2, -0.15) is 8.42 Å². The van der Waals surface area contributed by atoms with E-state index in [9.17, 15) is 13.2 Å². The molecule has 0 N–H and O–H groups in total. The maximum Gasteiger partial charge on any atom is 0.265 e. The standard InChI is InChI=1S/C13H18N2O7S/c1-12(2)20-9-10(21-12)19-7-6-15-8(16)4-5-14-11(15)13(7,9)22-23(3,17)18/h7,9-10H,4-6H2,1-3H3/t7-,9+,10-,13-/m1/s1. The molecule has 1 amide bonds. The van der Waals surface area contributed by atoms with Crippen molar-refractivity contribution < 1.29 is 31.6 Å². The number of carbonyl (C=O) groups is 1. The van der Waals surface area contributed by atoms with E-state index in [2.05, 4.69) is 4.99 Å². The van der Waals surface area contributed by atoms with Crippen molar-refractivity contribution in [1.82, 2.24) is 4.90 Å². The molecule has 0 unspecified atom stereocenters. The number of ether oxygens (including phenoxy) is 3. The fraction of sp³-hybridized carbons (Fsp3) is 0.846. The Hall–Kier alpha value is -1.07. The van der Waals surface area contributed by atoms with Crippen LogP contribution in [0.3, 0.4) is 0 Å². The van der Waals surface area contributed by atoms with E-state index in [0.29, 0.717) is 0 Å². The zero-order valence-corrected chi connectivity index (χ0v) is 13.8. The van der Waals surface area contributed by atoms with E-state index in [4.69, 9.17) is 18.4 Å². The van der Waals surface area contributed by atoms with Crippen molar-refractivity contribution in [2.75, 3.05) is 19.3 Å². The summed E-state index contributed by atoms with van der Waals surface area (Å²) in [4.78, 5) is 17.9. The Bertz CT molecular complexity index is 703. The molecule has 4 aliphatic rings. The van der Waals surface area contributed by atoms with Crippen LogP contribution in [-0.2, 0) is 33.3 Å². The summed E-state index contributed by atoms with van der Waals surface area (Å²) in [6, 6.07) is 0. The van der Waals surface area contributed by atoms with Gasteiger partial charge in [0.25, 0.3) is 10.1 Å². The quantitative estimate of drug-likeness (QED) is 0.604. The molecule has 0 aliphatic carbocycles. The van der Waals surface area contributed by atoms with Crippen LogP contribution in [0.5, 0.6) is 0 Å². The van der Waals surface area contributed by atoms with Crippen molar-refractivity contribution >= 4 is 21.9 Å². The van der Waals surface area contributed by atoms with Gasteiger partial charge in [0.15, 0.2) is 18.2 Å². The summed E-state index contributed by atoms with van der Waals surface area (Å²) in [5, 5.41) is 0. The molecule has 10 heteroatoms. The SMILES string of the molecule is CC1(C)O[C@H]2O[C@@H]3CN4C(=O)CCN=C4[C@]3(OS(C)(=O)=O)[C@H]2O1. The predicted molar refractivity (Wildman–Crippen MR) is 76.0 cm³/mol. The summed E-state index contributed by atoms with van der Waals surface area (Å²) in [6.45, 7) is 3.87. The predicted octanol–water partition coefficient (Wildman–Crippen LogP) is -0.778. The van der Waals surface area contributed by atoms with Gasteiger partial charge in [-0.3, -0.25) is 14.7 Å². The number of hydrogen-bond acceptors (Lipinski definition) is 8. The molecule has 4 rings (SSSR count). The van der Waals surface area contributed by atoms with Gasteiger partial charge >= 0.3 is 0 Å². The van der Waals surface area contributed by atoms with Crippen LogP contribution < -0.4 is 0 Å². The second-order valence-corrected chi connectivity index (χ2v) is 8.16. The van der Waals surface area contributed by atoms with Crippen molar-refractivity contribution in [2.45, 2.75) is 50.2 Å². The largest absolute Gasteiger partial charge is 0.341 e. The molecular formula is C13H18N2O7S. The lowest BCUT2D eigenvalue weighted by Gasteiger charge is -2.33. The molecule has 4 atom stereocenters. The lowest BCUT2D eigenvalue weighted by atomic mass is 9.94. The Labute approximate surface area is 133 Å². The van der Waals surface area contributed by atoms with Crippen LogP contribution in [0.1, 0.15) is 20.3 Å². The van der Waals surface area contributed by atoms with E-state index in [-0.39, 0.29) is 31.3 Å². The third-order valence-electron chi connectivity index (χ3n) is 4.39. The van der Waals surface area contributed by atoms with Gasteiger partial charge in [-0.15, -0.1) is 0 Å². The highest BCUT2D eigenvalue weighted by molar-refractivity contribution is 7.86. The van der Waals surface area contributed by atoms with E-state index in [1.165, 1.54) is 4.90 Å². The van der Waals surface area contributed by atoms with Crippen molar-refractivity contribution in [3.8, 4) is 0 Å². The number of amidine groups is 1. The number of nitrogens with zero attached hydrogens (tertiary/aromatic N) is 2. The molecule has 0 bridgehead atoms. The summed E-state index contributed by atoms with van der Waals surface area (Å²) in [7, 11) is -3.85. The van der Waals surface area contributed by atoms with Crippen LogP contribution >= 0.6 is 0 Å². The third kappa shape index (κ3) is 2.16. The smallest absolute Gasteiger partial charge is 0.265 e. The molecular weight excluding hydrogens is 328 g/mol. The van der Waals surface area contributed by atoms with Crippen LogP contribution in [0.25, 0.3) is 0 Å². The summed E-state index contributed by atoms with van der Waals surface area (Å²) < 4.78 is 46.6. The topological polar surface area (TPSA) is 104 Å². The summed E-state index contributed by atoms with van der Waals surface area (Å²) >= 11 is 0. The van der Waals surface area contributed by atoms with Crippen LogP contribution in [-0.4, -0.2) is 74.3 Å². The van der Waals surface area contributed by atoms with Crippen molar-refractivity contribution in [2.24, 2.45) is 4.99 Å². The van der Waals surface area contributed by atoms with Crippen molar-refractivity contribution in [3.63, 3.8) is 0 Å². The minimum Gasteiger partial charge on any atom is -0.341 e. The van der Waals surface area contributed by atoms with Gasteiger partial charge in [0.05, 0.1) is 12.8 Å². The van der Waals surface area contributed by atoms with Gasteiger partial charge in [0.1, 0.15) is 11.9 Å². The van der Waals surface area contributed by atoms with Gasteiger partial charge in [-0.1, -0.05) is 0 Å². The monoisotopic (exact) mass is 346 g/mol. The summed E-state index contributed by atoms with van der Waals surface area (Å²) in [5.74, 6) is -0.807. The number of rotatable bonds is 2. The molecule has 0 radical (unpaired) electrons. The minimum atomic E-state index is -3.85. The molecule has 0 aromatic carbocycles. The zero-order chi connectivity index (χ0) is 16.6. The average Bonchev–Trinajstić information content (AvgIpc) is 2.94. The van der Waals surface area contributed by atoms with Crippen LogP contribution in [0.2, 0.25) is 0 Å². The lowest BCUT2D eigenvalue weighted by molar-refractivity contribution is -0.215. The summed E-state index contributed by atoms with van der Waals surface area (Å²) in [5.41, 5.74) is -1.48. The lowest BCUT2D eigenvalue weighted by Crippen LogP contribution is -2.57. The zero-order valence-electron chi connectivity index (χ0n) is 13.0. The maximum atomic E-state index is 12.1. The van der Waals surface area contributed by atoms with Crippen LogP contribution in [0.4, 0.5) is 0 Å². The number of amides is 1. The number of hydrogen-bond donors (Lipinski definition) is 0. The van der Waals surface area contributed by atoms with Gasteiger partial charge in [0, 0.05) is 13.0 Å². The molecule has 0 saturated carbocycles. The highest BCUT2D eigenvalue weighted by atomic mass is 32.2. The van der Waals surface area contributed by atoms with E-state index < -0.39 is 40.0 Å². The van der Waals surface area contributed by atoms with E-state index in [0.717, 1.165) is 6.26 Å². The molecule has 4 heterocycles. The first-order valence-corrected chi connectivity index (χ1v) is 9.21. The Morgan fingerprint density at radius 2 is 2.09 bits per heavy atom. The normalized spacial score (nSPS) is 41.5. The molecule has 128 valence electrons. The molecule has 9 nitrogen and oxygen atoms in total. The minimum absolute atomic E-state index is 0.126. The first-order valence-electron chi connectivity index (χ1n) is 7.39. The summed E-state index contributed by atoms with van der Waals surface area (Å²) in [6.07, 6.45) is -1.04. The molecule has 0 aromatic heterocycles. The van der Waals surface area contributed by atoms with Gasteiger partial charge in [-0.25, -0.2) is 4.18 Å². The average molecular weight is 346 g/mol. The van der Waals surface area contributed by atoms with Gasteiger partial charge in [-0.05, 0) is 13.8 Å². The van der Waals surface area contributed by atoms with E-state index >= 15 is 0 Å². The first-order chi connectivity index (χ1) is 10.6. The second kappa shape index (κ2) is 4.51. The van der Waals surface area contributed by atoms with Crippen molar-refractivity contribution in [3.05, 3.63) is 0 Å². The van der Waals surface area contributed by atoms with E-state index in [1.807, 2.05) is 0 Å². The van der Waals surface area contributed by atoms with Crippen LogP contribution in [0.15, 0.2) is 4.99 Å². The second-order valence-electron chi connectivity index (χ2n) is 6.59. The molecule has 4 aliphatic heterocycles. The van der Waals surface area contributed by atoms with Crippen LogP contribution in [0, 0.1) is 0 Å². The first kappa shape index (κ1) is 15.5. The number of aliphatic imine (C=N–C) groups is 1.